The normalized spacial score (nSPS) is 13.1. The van der Waals surface area contributed by atoms with Gasteiger partial charge in [-0.2, -0.15) is 0 Å². The lowest BCUT2D eigenvalue weighted by Crippen LogP contribution is -2.56. The van der Waals surface area contributed by atoms with Crippen molar-refractivity contribution in [2.24, 2.45) is 0 Å². The topological polar surface area (TPSA) is 88.8 Å². The van der Waals surface area contributed by atoms with Crippen LogP contribution < -0.4 is 10.1 Å². The summed E-state index contributed by atoms with van der Waals surface area (Å²) in [6, 6.07) is 14.6. The largest absolute Gasteiger partial charge is 0.491 e. The van der Waals surface area contributed by atoms with Crippen molar-refractivity contribution >= 4 is 22.8 Å². The van der Waals surface area contributed by atoms with E-state index in [-0.39, 0.29) is 13.0 Å². The van der Waals surface area contributed by atoms with E-state index in [1.807, 2.05) is 31.2 Å². The van der Waals surface area contributed by atoms with E-state index >= 15 is 0 Å². The molecular weight excluding hydrogens is 346 g/mol. The van der Waals surface area contributed by atoms with Gasteiger partial charge in [0.2, 0.25) is 5.91 Å². The molecule has 0 radical (unpaired) electrons. The first kappa shape index (κ1) is 18.5. The summed E-state index contributed by atoms with van der Waals surface area (Å²) in [6.45, 7) is 3.19. The van der Waals surface area contributed by atoms with Gasteiger partial charge in [-0.1, -0.05) is 30.3 Å². The Morgan fingerprint density at radius 3 is 2.63 bits per heavy atom. The molecular formula is C21H21NO5. The first-order valence-corrected chi connectivity index (χ1v) is 8.56. The van der Waals surface area contributed by atoms with Crippen LogP contribution in [0, 0.1) is 6.92 Å². The van der Waals surface area contributed by atoms with E-state index in [1.165, 1.54) is 13.2 Å². The van der Waals surface area contributed by atoms with Gasteiger partial charge in [0.1, 0.15) is 17.9 Å². The summed E-state index contributed by atoms with van der Waals surface area (Å²) in [7, 11) is 0. The number of carboxylic acids is 1. The predicted molar refractivity (Wildman–Crippen MR) is 101 cm³/mol. The first-order valence-electron chi connectivity index (χ1n) is 8.56. The van der Waals surface area contributed by atoms with Gasteiger partial charge in [0.05, 0.1) is 12.7 Å². The van der Waals surface area contributed by atoms with Crippen molar-refractivity contribution in [1.29, 1.82) is 0 Å². The Kier molecular flexibility index (Phi) is 5.16. The number of hydrogen-bond donors (Lipinski definition) is 2. The fourth-order valence-electron chi connectivity index (χ4n) is 2.75. The number of nitrogens with one attached hydrogen (secondary N) is 1. The van der Waals surface area contributed by atoms with E-state index in [1.54, 1.807) is 24.3 Å². The number of ether oxygens (including phenoxy) is 1. The Bertz CT molecular complexity index is 963. The quantitative estimate of drug-likeness (QED) is 0.669. The van der Waals surface area contributed by atoms with Crippen LogP contribution in [0.2, 0.25) is 0 Å². The molecule has 6 heteroatoms. The molecule has 0 saturated carbocycles. The molecule has 2 aromatic carbocycles. The molecule has 0 aliphatic heterocycles. The third kappa shape index (κ3) is 4.28. The van der Waals surface area contributed by atoms with Crippen molar-refractivity contribution in [3.05, 3.63) is 65.9 Å². The molecule has 0 bridgehead atoms. The number of carbonyl (C=O) groups is 2. The maximum absolute atomic E-state index is 12.5. The van der Waals surface area contributed by atoms with Gasteiger partial charge in [0.25, 0.3) is 0 Å². The third-order valence-corrected chi connectivity index (χ3v) is 4.32. The van der Waals surface area contributed by atoms with E-state index in [0.717, 1.165) is 10.9 Å². The van der Waals surface area contributed by atoms with Gasteiger partial charge in [0.15, 0.2) is 5.54 Å². The lowest BCUT2D eigenvalue weighted by molar-refractivity contribution is -0.148. The van der Waals surface area contributed by atoms with Gasteiger partial charge < -0.3 is 19.6 Å². The zero-order valence-electron chi connectivity index (χ0n) is 15.2. The number of amides is 1. The van der Waals surface area contributed by atoms with Gasteiger partial charge in [0, 0.05) is 10.9 Å². The summed E-state index contributed by atoms with van der Waals surface area (Å²) in [5.74, 6) is -1.05. The lowest BCUT2D eigenvalue weighted by atomic mass is 10.0. The zero-order chi connectivity index (χ0) is 19.4. The van der Waals surface area contributed by atoms with Gasteiger partial charge >= 0.3 is 5.97 Å². The number of aryl methyl sites for hydroxylation is 1. The SMILES string of the molecule is Cc1ccc2c(CC(=O)N[C@](C)(COc3ccccc3)C(=O)O)coc2c1. The molecule has 27 heavy (non-hydrogen) atoms. The Morgan fingerprint density at radius 1 is 1.19 bits per heavy atom. The van der Waals surface area contributed by atoms with Crippen LogP contribution in [0.3, 0.4) is 0 Å². The van der Waals surface area contributed by atoms with Crippen LogP contribution in [-0.2, 0) is 16.0 Å². The summed E-state index contributed by atoms with van der Waals surface area (Å²) >= 11 is 0. The molecule has 0 spiro atoms. The molecule has 1 amide bonds. The molecule has 1 atom stereocenters. The van der Waals surface area contributed by atoms with Crippen molar-refractivity contribution in [2.75, 3.05) is 6.61 Å². The minimum atomic E-state index is -1.55. The van der Waals surface area contributed by atoms with Gasteiger partial charge in [-0.15, -0.1) is 0 Å². The van der Waals surface area contributed by atoms with Crippen LogP contribution >= 0.6 is 0 Å². The van der Waals surface area contributed by atoms with Crippen LogP contribution in [0.15, 0.2) is 59.2 Å². The number of fused-ring (bicyclic) bond motifs is 1. The molecule has 0 unspecified atom stereocenters. The average molecular weight is 367 g/mol. The highest BCUT2D eigenvalue weighted by atomic mass is 16.5. The van der Waals surface area contributed by atoms with E-state index in [0.29, 0.717) is 16.9 Å². The molecule has 3 aromatic rings. The second kappa shape index (κ2) is 7.53. The molecule has 0 saturated heterocycles. The standard InChI is InChI=1S/C21H21NO5/c1-14-8-9-17-15(12-26-18(17)10-14)11-19(23)22-21(2,20(24)25)13-27-16-6-4-3-5-7-16/h3-10,12H,11,13H2,1-2H3,(H,22,23)(H,24,25)/t21-/m1/s1. The van der Waals surface area contributed by atoms with E-state index in [9.17, 15) is 14.7 Å². The Labute approximate surface area is 156 Å². The minimum absolute atomic E-state index is 0.0181. The zero-order valence-corrected chi connectivity index (χ0v) is 15.2. The second-order valence-corrected chi connectivity index (χ2v) is 6.72. The molecule has 140 valence electrons. The number of aliphatic carboxylic acids is 1. The Balaban J connectivity index is 1.69. The molecule has 1 heterocycles. The van der Waals surface area contributed by atoms with E-state index < -0.39 is 17.4 Å². The van der Waals surface area contributed by atoms with Crippen molar-refractivity contribution in [1.82, 2.24) is 5.32 Å². The number of benzene rings is 2. The molecule has 1 aromatic heterocycles. The summed E-state index contributed by atoms with van der Waals surface area (Å²) in [5, 5.41) is 13.0. The van der Waals surface area contributed by atoms with E-state index in [4.69, 9.17) is 9.15 Å². The minimum Gasteiger partial charge on any atom is -0.491 e. The van der Waals surface area contributed by atoms with Crippen molar-refractivity contribution < 1.29 is 23.8 Å². The fourth-order valence-corrected chi connectivity index (χ4v) is 2.75. The summed E-state index contributed by atoms with van der Waals surface area (Å²) in [5.41, 5.74) is 0.915. The highest BCUT2D eigenvalue weighted by Crippen LogP contribution is 2.23. The number of rotatable bonds is 7. The average Bonchev–Trinajstić information content (AvgIpc) is 3.02. The fraction of sp³-hybridized carbons (Fsp3) is 0.238. The summed E-state index contributed by atoms with van der Waals surface area (Å²) in [6.07, 6.45) is 1.55. The van der Waals surface area contributed by atoms with Crippen LogP contribution in [0.5, 0.6) is 5.75 Å². The Hall–Kier alpha value is -3.28. The molecule has 0 aliphatic rings. The van der Waals surface area contributed by atoms with Gasteiger partial charge in [-0.25, -0.2) is 4.79 Å². The van der Waals surface area contributed by atoms with Gasteiger partial charge in [-0.05, 0) is 37.6 Å². The summed E-state index contributed by atoms with van der Waals surface area (Å²) in [4.78, 5) is 24.2. The maximum atomic E-state index is 12.5. The number of furan rings is 1. The lowest BCUT2D eigenvalue weighted by Gasteiger charge is -2.26. The third-order valence-electron chi connectivity index (χ3n) is 4.32. The smallest absolute Gasteiger partial charge is 0.332 e. The van der Waals surface area contributed by atoms with Crippen molar-refractivity contribution in [3.63, 3.8) is 0 Å². The number of carboxylic acid groups (broad SMARTS) is 1. The molecule has 3 rings (SSSR count). The summed E-state index contributed by atoms with van der Waals surface area (Å²) < 4.78 is 11.0. The van der Waals surface area contributed by atoms with Crippen LogP contribution in [-0.4, -0.2) is 29.1 Å². The highest BCUT2D eigenvalue weighted by molar-refractivity contribution is 5.91. The number of para-hydroxylation sites is 1. The number of hydrogen-bond acceptors (Lipinski definition) is 4. The molecule has 2 N–H and O–H groups in total. The number of carbonyl (C=O) groups excluding carboxylic acids is 1. The van der Waals surface area contributed by atoms with Crippen molar-refractivity contribution in [3.8, 4) is 5.75 Å². The van der Waals surface area contributed by atoms with Crippen LogP contribution in [0.1, 0.15) is 18.1 Å². The molecule has 6 nitrogen and oxygen atoms in total. The monoisotopic (exact) mass is 367 g/mol. The maximum Gasteiger partial charge on any atom is 0.332 e. The molecule has 0 fully saturated rings. The van der Waals surface area contributed by atoms with Crippen molar-refractivity contribution in [2.45, 2.75) is 25.8 Å². The second-order valence-electron chi connectivity index (χ2n) is 6.72. The molecule has 0 aliphatic carbocycles. The van der Waals surface area contributed by atoms with Crippen LogP contribution in [0.25, 0.3) is 11.0 Å². The predicted octanol–water partition coefficient (Wildman–Crippen LogP) is 3.32. The van der Waals surface area contributed by atoms with Gasteiger partial charge in [-0.3, -0.25) is 4.79 Å². The Morgan fingerprint density at radius 2 is 1.93 bits per heavy atom. The first-order chi connectivity index (χ1) is 12.9. The highest BCUT2D eigenvalue weighted by Gasteiger charge is 2.36. The van der Waals surface area contributed by atoms with E-state index in [2.05, 4.69) is 5.32 Å². The van der Waals surface area contributed by atoms with Crippen LogP contribution in [0.4, 0.5) is 0 Å².